The van der Waals surface area contributed by atoms with Gasteiger partial charge < -0.3 is 5.32 Å². The summed E-state index contributed by atoms with van der Waals surface area (Å²) in [6, 6.07) is 11.4. The summed E-state index contributed by atoms with van der Waals surface area (Å²) in [6.07, 6.45) is -3.80. The second-order valence-electron chi connectivity index (χ2n) is 6.43. The Bertz CT molecular complexity index is 1300. The van der Waals surface area contributed by atoms with Crippen LogP contribution in [-0.2, 0) is 20.8 Å². The Kier molecular flexibility index (Phi) is 6.92. The fourth-order valence-electron chi connectivity index (χ4n) is 2.72. The van der Waals surface area contributed by atoms with Crippen molar-refractivity contribution in [1.82, 2.24) is 4.98 Å². The summed E-state index contributed by atoms with van der Waals surface area (Å²) in [7, 11) is -3.61. The lowest BCUT2D eigenvalue weighted by molar-refractivity contribution is -0.138. The minimum absolute atomic E-state index is 0.0386. The average Bonchev–Trinajstić information content (AvgIpc) is 3.25. The minimum Gasteiger partial charge on any atom is -0.324 e. The van der Waals surface area contributed by atoms with Crippen molar-refractivity contribution in [1.29, 1.82) is 5.26 Å². The number of para-hydroxylation sites is 1. The number of amides is 1. The Morgan fingerprint density at radius 2 is 1.97 bits per heavy atom. The van der Waals surface area contributed by atoms with Gasteiger partial charge in [0, 0.05) is 6.26 Å². The molecule has 166 valence electrons. The third-order valence-electron chi connectivity index (χ3n) is 4.08. The topological polar surface area (TPSA) is 99.9 Å². The second-order valence-corrected chi connectivity index (χ2v) is 10.3. The standard InChI is InChI=1S/C20H14F3N3O3S3/c1-32(28,29)17-7-3-2-5-14(17)25-18(27)11-31-19-12(10-24)13(20(21,22)23)9-15(26-19)16-6-4-8-30-16/h2-9H,11H2,1H3,(H,25,27). The molecule has 0 radical (unpaired) electrons. The summed E-state index contributed by atoms with van der Waals surface area (Å²) in [5.74, 6) is -1.04. The number of hydrogen-bond donors (Lipinski definition) is 1. The van der Waals surface area contributed by atoms with Crippen LogP contribution < -0.4 is 5.32 Å². The number of thiophene rings is 1. The quantitative estimate of drug-likeness (QED) is 0.490. The summed E-state index contributed by atoms with van der Waals surface area (Å²) in [5.41, 5.74) is -1.72. The van der Waals surface area contributed by atoms with Gasteiger partial charge in [-0.05, 0) is 29.6 Å². The van der Waals surface area contributed by atoms with E-state index in [1.54, 1.807) is 17.5 Å². The molecule has 0 unspecified atom stereocenters. The molecule has 3 rings (SSSR count). The molecule has 2 heterocycles. The molecular weight excluding hydrogens is 483 g/mol. The van der Waals surface area contributed by atoms with Gasteiger partial charge in [-0.1, -0.05) is 30.0 Å². The Labute approximate surface area is 190 Å². The zero-order valence-electron chi connectivity index (χ0n) is 16.3. The van der Waals surface area contributed by atoms with Gasteiger partial charge in [0.05, 0.1) is 38.0 Å². The van der Waals surface area contributed by atoms with Crippen molar-refractivity contribution >= 4 is 44.5 Å². The Morgan fingerprint density at radius 1 is 1.25 bits per heavy atom. The lowest BCUT2D eigenvalue weighted by Gasteiger charge is -2.14. The van der Waals surface area contributed by atoms with E-state index in [0.717, 1.165) is 12.3 Å². The lowest BCUT2D eigenvalue weighted by atomic mass is 10.1. The van der Waals surface area contributed by atoms with E-state index >= 15 is 0 Å². The fraction of sp³-hybridized carbons (Fsp3) is 0.150. The van der Waals surface area contributed by atoms with Crippen molar-refractivity contribution in [2.75, 3.05) is 17.3 Å². The van der Waals surface area contributed by atoms with Gasteiger partial charge in [-0.2, -0.15) is 18.4 Å². The number of nitrogens with zero attached hydrogens (tertiary/aromatic N) is 2. The monoisotopic (exact) mass is 497 g/mol. The van der Waals surface area contributed by atoms with Crippen LogP contribution in [0.3, 0.4) is 0 Å². The van der Waals surface area contributed by atoms with Gasteiger partial charge >= 0.3 is 6.18 Å². The van der Waals surface area contributed by atoms with E-state index in [0.29, 0.717) is 16.6 Å². The van der Waals surface area contributed by atoms with Gasteiger partial charge in [-0.3, -0.25) is 4.79 Å². The summed E-state index contributed by atoms with van der Waals surface area (Å²) in [5, 5.41) is 13.2. The third-order valence-corrected chi connectivity index (χ3v) is 7.10. The number of carbonyl (C=O) groups is 1. The maximum Gasteiger partial charge on any atom is 0.417 e. The van der Waals surface area contributed by atoms with Crippen LogP contribution in [0.1, 0.15) is 11.1 Å². The molecule has 0 aliphatic heterocycles. The van der Waals surface area contributed by atoms with Gasteiger partial charge in [0.25, 0.3) is 0 Å². The minimum atomic E-state index is -4.79. The molecule has 6 nitrogen and oxygen atoms in total. The fourth-order valence-corrected chi connectivity index (χ4v) is 5.06. The molecule has 0 atom stereocenters. The number of pyridine rings is 1. The molecule has 1 aromatic carbocycles. The van der Waals surface area contributed by atoms with Gasteiger partial charge in [0.1, 0.15) is 11.1 Å². The number of nitriles is 1. The van der Waals surface area contributed by atoms with E-state index < -0.39 is 33.0 Å². The first kappa shape index (κ1) is 23.8. The SMILES string of the molecule is CS(=O)(=O)c1ccccc1NC(=O)CSc1nc(-c2cccs2)cc(C(F)(F)F)c1C#N. The zero-order chi connectivity index (χ0) is 23.5. The van der Waals surface area contributed by atoms with Crippen molar-refractivity contribution in [2.45, 2.75) is 16.1 Å². The molecule has 32 heavy (non-hydrogen) atoms. The number of rotatable bonds is 6. The van der Waals surface area contributed by atoms with Crippen LogP contribution in [0, 0.1) is 11.3 Å². The van der Waals surface area contributed by atoms with Crippen molar-refractivity contribution in [3.8, 4) is 16.6 Å². The maximum absolute atomic E-state index is 13.6. The van der Waals surface area contributed by atoms with E-state index in [9.17, 15) is 31.6 Å². The zero-order valence-corrected chi connectivity index (χ0v) is 18.8. The van der Waals surface area contributed by atoms with Crippen molar-refractivity contribution in [3.05, 3.63) is 59.0 Å². The van der Waals surface area contributed by atoms with Gasteiger partial charge in [-0.15, -0.1) is 11.3 Å². The Morgan fingerprint density at radius 3 is 2.56 bits per heavy atom. The highest BCUT2D eigenvalue weighted by Crippen LogP contribution is 2.38. The van der Waals surface area contributed by atoms with Crippen LogP contribution in [0.2, 0.25) is 0 Å². The number of carbonyl (C=O) groups excluding carboxylic acids is 1. The second kappa shape index (κ2) is 9.32. The number of aromatic nitrogens is 1. The predicted octanol–water partition coefficient (Wildman–Crippen LogP) is 4.83. The van der Waals surface area contributed by atoms with Crippen LogP contribution in [0.25, 0.3) is 10.6 Å². The number of anilines is 1. The van der Waals surface area contributed by atoms with E-state index in [2.05, 4.69) is 10.3 Å². The molecule has 0 fully saturated rings. The summed E-state index contributed by atoms with van der Waals surface area (Å²) in [4.78, 5) is 17.0. The van der Waals surface area contributed by atoms with Gasteiger partial charge in [0.15, 0.2) is 9.84 Å². The number of alkyl halides is 3. The number of nitrogens with one attached hydrogen (secondary N) is 1. The normalized spacial score (nSPS) is 11.7. The highest BCUT2D eigenvalue weighted by atomic mass is 32.2. The first-order valence-corrected chi connectivity index (χ1v) is 12.5. The van der Waals surface area contributed by atoms with Crippen LogP contribution in [0.15, 0.2) is 57.8 Å². The summed E-state index contributed by atoms with van der Waals surface area (Å²) >= 11 is 1.85. The van der Waals surface area contributed by atoms with Crippen LogP contribution in [-0.4, -0.2) is 31.3 Å². The number of benzene rings is 1. The molecular formula is C20H14F3N3O3S3. The molecule has 0 spiro atoms. The molecule has 3 aromatic rings. The first-order valence-electron chi connectivity index (χ1n) is 8.78. The third kappa shape index (κ3) is 5.48. The van der Waals surface area contributed by atoms with Gasteiger partial charge in [0.2, 0.25) is 5.91 Å². The Hall–Kier alpha value is -2.88. The van der Waals surface area contributed by atoms with Crippen molar-refractivity contribution < 1.29 is 26.4 Å². The molecule has 0 bridgehead atoms. The highest BCUT2D eigenvalue weighted by molar-refractivity contribution is 8.00. The molecule has 0 aliphatic carbocycles. The maximum atomic E-state index is 13.6. The molecule has 12 heteroatoms. The van der Waals surface area contributed by atoms with Crippen LogP contribution in [0.4, 0.5) is 18.9 Å². The number of hydrogen-bond acceptors (Lipinski definition) is 7. The molecule has 0 saturated carbocycles. The number of halogens is 3. The van der Waals surface area contributed by atoms with Crippen molar-refractivity contribution in [3.63, 3.8) is 0 Å². The van der Waals surface area contributed by atoms with Gasteiger partial charge in [-0.25, -0.2) is 13.4 Å². The van der Waals surface area contributed by atoms with E-state index in [4.69, 9.17) is 0 Å². The van der Waals surface area contributed by atoms with Crippen LogP contribution in [0.5, 0.6) is 0 Å². The largest absolute Gasteiger partial charge is 0.417 e. The molecule has 0 aliphatic rings. The smallest absolute Gasteiger partial charge is 0.324 e. The van der Waals surface area contributed by atoms with E-state index in [1.807, 2.05) is 0 Å². The van der Waals surface area contributed by atoms with Crippen LogP contribution >= 0.6 is 23.1 Å². The molecule has 1 amide bonds. The van der Waals surface area contributed by atoms with E-state index in [1.165, 1.54) is 41.7 Å². The summed E-state index contributed by atoms with van der Waals surface area (Å²) < 4.78 is 64.4. The Balaban J connectivity index is 1.90. The highest BCUT2D eigenvalue weighted by Gasteiger charge is 2.36. The lowest BCUT2D eigenvalue weighted by Crippen LogP contribution is -2.17. The van der Waals surface area contributed by atoms with E-state index in [-0.39, 0.29) is 27.1 Å². The molecule has 0 saturated heterocycles. The average molecular weight is 498 g/mol. The number of thioether (sulfide) groups is 1. The predicted molar refractivity (Wildman–Crippen MR) is 116 cm³/mol. The van der Waals surface area contributed by atoms with Crippen molar-refractivity contribution in [2.24, 2.45) is 0 Å². The first-order chi connectivity index (χ1) is 15.0. The summed E-state index contributed by atoms with van der Waals surface area (Å²) in [6.45, 7) is 0. The molecule has 2 aromatic heterocycles. The number of sulfone groups is 1. The molecule has 1 N–H and O–H groups in total.